The maximum atomic E-state index is 14.0. The second-order valence-corrected chi connectivity index (χ2v) is 6.36. The van der Waals surface area contributed by atoms with Crippen LogP contribution >= 0.6 is 0 Å². The fraction of sp³-hybridized carbons (Fsp3) is 0.263. The Balaban J connectivity index is 1.96. The minimum absolute atomic E-state index is 0.0310. The summed E-state index contributed by atoms with van der Waals surface area (Å²) < 4.78 is 19.4. The number of aryl methyl sites for hydroxylation is 3. The third-order valence-electron chi connectivity index (χ3n) is 4.32. The molecule has 1 aromatic carbocycles. The molecule has 0 unspecified atom stereocenters. The first kappa shape index (κ1) is 18.5. The zero-order chi connectivity index (χ0) is 19.9. The highest BCUT2D eigenvalue weighted by molar-refractivity contribution is 6.04. The van der Waals surface area contributed by atoms with Gasteiger partial charge in [0.2, 0.25) is 0 Å². The number of rotatable bonds is 4. The number of carbonyl (C=O) groups is 2. The van der Waals surface area contributed by atoms with Gasteiger partial charge in [-0.3, -0.25) is 4.79 Å². The highest BCUT2D eigenvalue weighted by atomic mass is 19.1. The Labute approximate surface area is 154 Å². The van der Waals surface area contributed by atoms with Gasteiger partial charge in [-0.1, -0.05) is 0 Å². The second-order valence-electron chi connectivity index (χ2n) is 6.36. The molecule has 1 amide bonds. The van der Waals surface area contributed by atoms with Crippen LogP contribution in [0.2, 0.25) is 0 Å². The summed E-state index contributed by atoms with van der Waals surface area (Å²) in [6.45, 7) is 5.10. The molecule has 2 heterocycles. The van der Waals surface area contributed by atoms with Crippen LogP contribution in [0.15, 0.2) is 22.6 Å². The van der Waals surface area contributed by atoms with Crippen LogP contribution in [0.3, 0.4) is 0 Å². The maximum Gasteiger partial charge on any atom is 0.339 e. The van der Waals surface area contributed by atoms with Crippen molar-refractivity contribution in [3.63, 3.8) is 0 Å². The molecule has 0 fully saturated rings. The molecule has 0 aliphatic carbocycles. The van der Waals surface area contributed by atoms with E-state index in [1.54, 1.807) is 13.8 Å². The first-order chi connectivity index (χ1) is 12.7. The van der Waals surface area contributed by atoms with Crippen molar-refractivity contribution in [2.24, 2.45) is 0 Å². The minimum Gasteiger partial charge on any atom is -0.478 e. The smallest absolute Gasteiger partial charge is 0.339 e. The number of fused-ring (bicyclic) bond motifs is 1. The Bertz CT molecular complexity index is 1070. The normalized spacial score (nSPS) is 11.0. The van der Waals surface area contributed by atoms with Gasteiger partial charge < -0.3 is 14.4 Å². The number of amides is 1. The van der Waals surface area contributed by atoms with Crippen LogP contribution < -0.4 is 0 Å². The van der Waals surface area contributed by atoms with E-state index in [2.05, 4.69) is 9.97 Å². The van der Waals surface area contributed by atoms with Crippen molar-refractivity contribution in [1.82, 2.24) is 14.9 Å². The van der Waals surface area contributed by atoms with Gasteiger partial charge in [0.15, 0.2) is 0 Å². The van der Waals surface area contributed by atoms with Gasteiger partial charge in [-0.15, -0.1) is 0 Å². The summed E-state index contributed by atoms with van der Waals surface area (Å²) in [4.78, 5) is 34.0. The molecule has 0 aliphatic rings. The molecule has 3 aromatic rings. The lowest BCUT2D eigenvalue weighted by atomic mass is 10.1. The van der Waals surface area contributed by atoms with Crippen molar-refractivity contribution in [2.45, 2.75) is 27.3 Å². The first-order valence-electron chi connectivity index (χ1n) is 8.20. The van der Waals surface area contributed by atoms with Crippen molar-refractivity contribution in [1.29, 1.82) is 0 Å². The summed E-state index contributed by atoms with van der Waals surface area (Å²) in [5, 5.41) is 9.10. The molecule has 3 rings (SSSR count). The van der Waals surface area contributed by atoms with Gasteiger partial charge in [0.1, 0.15) is 28.4 Å². The van der Waals surface area contributed by atoms with Crippen molar-refractivity contribution in [3.05, 3.63) is 58.1 Å². The van der Waals surface area contributed by atoms with Gasteiger partial charge in [-0.2, -0.15) is 0 Å². The third-order valence-corrected chi connectivity index (χ3v) is 4.32. The molecule has 140 valence electrons. The summed E-state index contributed by atoms with van der Waals surface area (Å²) in [5.74, 6) is -1.58. The molecule has 1 N–H and O–H groups in total. The summed E-state index contributed by atoms with van der Waals surface area (Å²) in [7, 11) is 1.52. The van der Waals surface area contributed by atoms with E-state index >= 15 is 0 Å². The fourth-order valence-corrected chi connectivity index (χ4v) is 2.81. The maximum absolute atomic E-state index is 14.0. The molecule has 7 nitrogen and oxygen atoms in total. The minimum atomic E-state index is -1.10. The Morgan fingerprint density at radius 2 is 1.78 bits per heavy atom. The van der Waals surface area contributed by atoms with Crippen LogP contribution in [0.4, 0.5) is 4.39 Å². The zero-order valence-corrected chi connectivity index (χ0v) is 15.3. The molecule has 0 saturated carbocycles. The number of aromatic nitrogens is 2. The zero-order valence-electron chi connectivity index (χ0n) is 15.3. The average molecular weight is 371 g/mol. The predicted molar refractivity (Wildman–Crippen MR) is 95.2 cm³/mol. The third kappa shape index (κ3) is 3.51. The largest absolute Gasteiger partial charge is 0.478 e. The molecule has 0 bridgehead atoms. The number of hydrogen-bond donors (Lipinski definition) is 1. The predicted octanol–water partition coefficient (Wildman–Crippen LogP) is 3.26. The lowest BCUT2D eigenvalue weighted by Gasteiger charge is -2.17. The Morgan fingerprint density at radius 3 is 2.41 bits per heavy atom. The summed E-state index contributed by atoms with van der Waals surface area (Å²) >= 11 is 0. The van der Waals surface area contributed by atoms with Crippen LogP contribution in [0.5, 0.6) is 0 Å². The summed E-state index contributed by atoms with van der Waals surface area (Å²) in [6, 6.07) is 3.74. The Hall–Kier alpha value is -3.29. The highest BCUT2D eigenvalue weighted by Gasteiger charge is 2.21. The van der Waals surface area contributed by atoms with Crippen LogP contribution in [0.1, 0.15) is 43.6 Å². The van der Waals surface area contributed by atoms with Gasteiger partial charge in [0, 0.05) is 13.1 Å². The van der Waals surface area contributed by atoms with E-state index in [0.717, 1.165) is 6.07 Å². The topological polar surface area (TPSA) is 96.5 Å². The number of carbonyl (C=O) groups excluding carboxylic acids is 1. The number of nitrogens with zero attached hydrogens (tertiary/aromatic N) is 3. The van der Waals surface area contributed by atoms with Crippen LogP contribution in [-0.2, 0) is 6.54 Å². The SMILES string of the molecule is Cc1nc2cc(F)cc(C(=O)N(C)Cc3cc(C(=O)O)c(C)o3)c2nc1C. The van der Waals surface area contributed by atoms with Crippen molar-refractivity contribution < 1.29 is 23.5 Å². The van der Waals surface area contributed by atoms with E-state index in [-0.39, 0.29) is 23.4 Å². The van der Waals surface area contributed by atoms with Crippen LogP contribution in [0.25, 0.3) is 11.0 Å². The van der Waals surface area contributed by atoms with Crippen LogP contribution in [-0.4, -0.2) is 38.9 Å². The van der Waals surface area contributed by atoms with Gasteiger partial charge in [-0.05, 0) is 32.9 Å². The molecule has 0 spiro atoms. The first-order valence-corrected chi connectivity index (χ1v) is 8.20. The lowest BCUT2D eigenvalue weighted by Crippen LogP contribution is -2.26. The average Bonchev–Trinajstić information content (AvgIpc) is 2.95. The molecule has 27 heavy (non-hydrogen) atoms. The van der Waals surface area contributed by atoms with Gasteiger partial charge >= 0.3 is 5.97 Å². The molecule has 0 saturated heterocycles. The molecule has 8 heteroatoms. The van der Waals surface area contributed by atoms with Crippen LogP contribution in [0, 0.1) is 26.6 Å². The molecule has 0 atom stereocenters. The molecular formula is C19H18FN3O4. The van der Waals surface area contributed by atoms with E-state index in [4.69, 9.17) is 9.52 Å². The van der Waals surface area contributed by atoms with Crippen molar-refractivity contribution in [2.75, 3.05) is 7.05 Å². The van der Waals surface area contributed by atoms with Crippen molar-refractivity contribution in [3.8, 4) is 0 Å². The van der Waals surface area contributed by atoms with E-state index < -0.39 is 17.7 Å². The number of aromatic carboxylic acids is 1. The lowest BCUT2D eigenvalue weighted by molar-refractivity contribution is 0.0694. The molecular weight excluding hydrogens is 353 g/mol. The number of halogens is 1. The van der Waals surface area contributed by atoms with E-state index in [1.165, 1.54) is 31.0 Å². The number of carboxylic acid groups (broad SMARTS) is 1. The number of hydrogen-bond acceptors (Lipinski definition) is 5. The summed E-state index contributed by atoms with van der Waals surface area (Å²) in [6.07, 6.45) is 0. The van der Waals surface area contributed by atoms with Gasteiger partial charge in [-0.25, -0.2) is 19.2 Å². The number of carboxylic acids is 1. The number of benzene rings is 1. The fourth-order valence-electron chi connectivity index (χ4n) is 2.81. The van der Waals surface area contributed by atoms with E-state index in [1.807, 2.05) is 0 Å². The number of furan rings is 1. The van der Waals surface area contributed by atoms with E-state index in [0.29, 0.717) is 28.2 Å². The summed E-state index contributed by atoms with van der Waals surface area (Å²) in [5.41, 5.74) is 2.06. The highest BCUT2D eigenvalue weighted by Crippen LogP contribution is 2.22. The quantitative estimate of drug-likeness (QED) is 0.756. The second kappa shape index (κ2) is 6.79. The van der Waals surface area contributed by atoms with E-state index in [9.17, 15) is 14.0 Å². The Morgan fingerprint density at radius 1 is 1.11 bits per heavy atom. The Kier molecular flexibility index (Phi) is 4.65. The van der Waals surface area contributed by atoms with Gasteiger partial charge in [0.25, 0.3) is 5.91 Å². The van der Waals surface area contributed by atoms with Gasteiger partial charge in [0.05, 0.1) is 29.0 Å². The molecule has 0 radical (unpaired) electrons. The molecule has 2 aromatic heterocycles. The van der Waals surface area contributed by atoms with Crippen molar-refractivity contribution >= 4 is 22.9 Å². The standard InChI is InChI=1S/C19H18FN3O4/c1-9-10(2)22-17-15(5-12(20)6-16(17)21-9)18(24)23(4)8-13-7-14(19(25)26)11(3)27-13/h5-7H,8H2,1-4H3,(H,25,26). The molecule has 0 aliphatic heterocycles. The monoisotopic (exact) mass is 371 g/mol.